The third-order valence-electron chi connectivity index (χ3n) is 9.95. The summed E-state index contributed by atoms with van der Waals surface area (Å²) in [6, 6.07) is 4.09. The van der Waals surface area contributed by atoms with Crippen molar-refractivity contribution >= 4 is 22.5 Å². The summed E-state index contributed by atoms with van der Waals surface area (Å²) >= 11 is 0. The van der Waals surface area contributed by atoms with Crippen LogP contribution in [0.1, 0.15) is 84.6 Å². The molecule has 0 radical (unpaired) electrons. The number of aliphatic hydroxyl groups excluding tert-OH is 2. The fourth-order valence-corrected chi connectivity index (χ4v) is 7.98. The van der Waals surface area contributed by atoms with Crippen LogP contribution in [0, 0.1) is 30.3 Å². The van der Waals surface area contributed by atoms with Crippen molar-refractivity contribution in [1.29, 1.82) is 0 Å². The van der Waals surface area contributed by atoms with E-state index in [0.29, 0.717) is 36.1 Å². The molecule has 5 N–H and O–H groups in total. The Morgan fingerprint density at radius 2 is 1.83 bits per heavy atom. The normalized spacial score (nSPS) is 33.4. The molecule has 5 aliphatic rings. The summed E-state index contributed by atoms with van der Waals surface area (Å²) in [6.07, 6.45) is 1.81. The molecule has 7 rings (SSSR count). The predicted molar refractivity (Wildman–Crippen MR) is 149 cm³/mol. The molecule has 224 valence electrons. The third-order valence-corrected chi connectivity index (χ3v) is 9.95. The molecule has 2 aromatic rings. The van der Waals surface area contributed by atoms with Crippen LogP contribution in [0.2, 0.25) is 0 Å². The van der Waals surface area contributed by atoms with Gasteiger partial charge in [-0.3, -0.25) is 4.79 Å². The number of benzene rings is 2. The van der Waals surface area contributed by atoms with E-state index in [1.807, 2.05) is 0 Å². The number of carboxylic acids is 1. The molecule has 3 fully saturated rings. The van der Waals surface area contributed by atoms with Crippen molar-refractivity contribution in [2.24, 2.45) is 11.3 Å². The molecule has 0 unspecified atom stereocenters. The maximum absolute atomic E-state index is 12.3. The Morgan fingerprint density at radius 1 is 1.10 bits per heavy atom. The molecule has 10 heteroatoms. The second-order valence-corrected chi connectivity index (χ2v) is 12.5. The van der Waals surface area contributed by atoms with Crippen molar-refractivity contribution in [2.75, 3.05) is 0 Å². The Bertz CT molecular complexity index is 1500. The largest absolute Gasteiger partial charge is 0.506 e. The summed E-state index contributed by atoms with van der Waals surface area (Å²) in [5, 5.41) is 55.8. The van der Waals surface area contributed by atoms with Crippen LogP contribution in [-0.2, 0) is 9.47 Å². The van der Waals surface area contributed by atoms with Gasteiger partial charge in [-0.1, -0.05) is 24.8 Å². The highest BCUT2D eigenvalue weighted by Crippen LogP contribution is 2.58. The molecule has 7 atom stereocenters. The molecule has 0 aromatic heterocycles. The minimum atomic E-state index is -1.68. The average Bonchev–Trinajstić information content (AvgIpc) is 3.38. The lowest BCUT2D eigenvalue weighted by molar-refractivity contribution is -0.313. The first kappa shape index (κ1) is 28.7. The molecule has 2 bridgehead atoms. The van der Waals surface area contributed by atoms with Gasteiger partial charge in [-0.15, -0.1) is 0 Å². The highest BCUT2D eigenvalue weighted by molar-refractivity contribution is 6.08. The van der Waals surface area contributed by atoms with Crippen LogP contribution in [0.5, 0.6) is 11.5 Å². The molecule has 2 saturated carbocycles. The third kappa shape index (κ3) is 4.60. The SMILES string of the molecule is CC(=O)c1c(C)cc2cc(C(=O)O)cc(O[C@@H]3O[C@H]4[C@@H](OC#CC[C@H]5CC[C@]4(O)CC54CCCC4)[C@H](O)[C@H]3O)c2c1O. The van der Waals surface area contributed by atoms with Crippen molar-refractivity contribution < 1.29 is 49.3 Å². The van der Waals surface area contributed by atoms with E-state index >= 15 is 0 Å². The van der Waals surface area contributed by atoms with Gasteiger partial charge in [-0.2, -0.15) is 0 Å². The number of aliphatic hydroxyl groups is 3. The number of aryl methyl sites for hydroxylation is 1. The van der Waals surface area contributed by atoms with Gasteiger partial charge in [0, 0.05) is 6.42 Å². The van der Waals surface area contributed by atoms with Gasteiger partial charge in [0.25, 0.3) is 0 Å². The number of carboxylic acid groups (broad SMARTS) is 1. The van der Waals surface area contributed by atoms with E-state index < -0.39 is 53.8 Å². The maximum Gasteiger partial charge on any atom is 0.335 e. The Labute approximate surface area is 243 Å². The van der Waals surface area contributed by atoms with E-state index in [1.54, 1.807) is 13.0 Å². The molecule has 1 spiro atoms. The summed E-state index contributed by atoms with van der Waals surface area (Å²) in [5.74, 6) is 1.18. The van der Waals surface area contributed by atoms with Crippen LogP contribution in [0.25, 0.3) is 10.8 Å². The van der Waals surface area contributed by atoms with Gasteiger partial charge in [0.15, 0.2) is 11.9 Å². The summed E-state index contributed by atoms with van der Waals surface area (Å²) in [6.45, 7) is 2.93. The number of rotatable bonds is 4. The zero-order chi connectivity index (χ0) is 30.0. The molecular weight excluding hydrogens is 544 g/mol. The van der Waals surface area contributed by atoms with Gasteiger partial charge in [0.1, 0.15) is 35.9 Å². The number of phenolic OH excluding ortho intramolecular Hbond substituents is 1. The number of hydrogen-bond acceptors (Lipinski definition) is 9. The standard InChI is InChI=1S/C32H36O10/c1-16-12-18-13-19(29(37)38)14-21(23(18)24(34)22(16)17(2)33)41-30-26(36)25(35)27-28(42-30)32(39)10-7-20(6-5-11-40-27)31(15-32)8-3-4-9-31/h12-14,20,25-28,30,34-36,39H,3-4,6-10,15H2,1-2H3,(H,37,38)/t20-,25+,26+,27-,28-,30+,32-/m0/s1. The quantitative estimate of drug-likeness (QED) is 0.267. The number of carbonyl (C=O) groups is 2. The van der Waals surface area contributed by atoms with Gasteiger partial charge in [0.05, 0.1) is 22.1 Å². The predicted octanol–water partition coefficient (Wildman–Crippen LogP) is 3.42. The van der Waals surface area contributed by atoms with E-state index in [2.05, 4.69) is 12.0 Å². The first-order valence-corrected chi connectivity index (χ1v) is 14.5. The Balaban J connectivity index is 1.42. The Hall–Kier alpha value is -3.36. The van der Waals surface area contributed by atoms with Crippen molar-refractivity contribution in [3.63, 3.8) is 0 Å². The number of aromatic carboxylic acids is 1. The topological polar surface area (TPSA) is 163 Å². The van der Waals surface area contributed by atoms with Crippen molar-refractivity contribution in [1.82, 2.24) is 0 Å². The lowest BCUT2D eigenvalue weighted by Gasteiger charge is -2.54. The number of phenols is 1. The fourth-order valence-electron chi connectivity index (χ4n) is 7.98. The second kappa shape index (κ2) is 10.4. The number of fused-ring (bicyclic) bond motifs is 4. The molecule has 1 saturated heterocycles. The number of ketones is 1. The number of aromatic hydroxyl groups is 1. The van der Waals surface area contributed by atoms with E-state index in [4.69, 9.17) is 14.2 Å². The fraction of sp³-hybridized carbons (Fsp3) is 0.562. The first-order chi connectivity index (χ1) is 19.9. The monoisotopic (exact) mass is 580 g/mol. The van der Waals surface area contributed by atoms with Crippen LogP contribution in [0.3, 0.4) is 0 Å². The number of Topliss-reactive ketones (excluding diaryl/α,β-unsaturated/α-hetero) is 1. The molecule has 0 amide bonds. The van der Waals surface area contributed by atoms with Gasteiger partial charge < -0.3 is 39.7 Å². The summed E-state index contributed by atoms with van der Waals surface area (Å²) in [7, 11) is 0. The highest BCUT2D eigenvalue weighted by Gasteiger charge is 2.60. The van der Waals surface area contributed by atoms with Crippen molar-refractivity contribution in [3.05, 3.63) is 34.9 Å². The molecule has 3 aliphatic heterocycles. The molecule has 10 nitrogen and oxygen atoms in total. The van der Waals surface area contributed by atoms with Crippen LogP contribution in [0.4, 0.5) is 0 Å². The van der Waals surface area contributed by atoms with Gasteiger partial charge in [0.2, 0.25) is 6.29 Å². The van der Waals surface area contributed by atoms with Crippen LogP contribution in [0.15, 0.2) is 18.2 Å². The zero-order valence-electron chi connectivity index (χ0n) is 23.6. The van der Waals surface area contributed by atoms with Crippen molar-refractivity contribution in [3.8, 4) is 23.5 Å². The smallest absolute Gasteiger partial charge is 0.335 e. The Morgan fingerprint density at radius 3 is 2.52 bits per heavy atom. The van der Waals surface area contributed by atoms with Crippen LogP contribution < -0.4 is 4.74 Å². The minimum absolute atomic E-state index is 0.0490. The first-order valence-electron chi connectivity index (χ1n) is 14.5. The van der Waals surface area contributed by atoms with Crippen LogP contribution in [-0.4, -0.2) is 73.6 Å². The van der Waals surface area contributed by atoms with E-state index in [-0.39, 0.29) is 27.7 Å². The van der Waals surface area contributed by atoms with Gasteiger partial charge in [-0.05, 0) is 80.4 Å². The Kier molecular flexibility index (Phi) is 7.13. The van der Waals surface area contributed by atoms with Gasteiger partial charge >= 0.3 is 5.97 Å². The number of carbonyl (C=O) groups excluding carboxylic acids is 1. The molecule has 2 aliphatic carbocycles. The lowest BCUT2D eigenvalue weighted by atomic mass is 9.57. The minimum Gasteiger partial charge on any atom is -0.506 e. The van der Waals surface area contributed by atoms with Crippen LogP contribution >= 0.6 is 0 Å². The number of hydrogen-bond donors (Lipinski definition) is 5. The van der Waals surface area contributed by atoms with E-state index in [1.165, 1.54) is 19.1 Å². The molecular formula is C32H36O10. The molecule has 42 heavy (non-hydrogen) atoms. The van der Waals surface area contributed by atoms with E-state index in [0.717, 1.165) is 32.1 Å². The second-order valence-electron chi connectivity index (χ2n) is 12.5. The zero-order valence-corrected chi connectivity index (χ0v) is 23.6. The van der Waals surface area contributed by atoms with Gasteiger partial charge in [-0.25, -0.2) is 4.79 Å². The number of ether oxygens (including phenoxy) is 3. The average molecular weight is 581 g/mol. The maximum atomic E-state index is 12.3. The lowest BCUT2D eigenvalue weighted by Crippen LogP contribution is -2.67. The molecule has 2 aromatic carbocycles. The highest BCUT2D eigenvalue weighted by atomic mass is 16.7. The summed E-state index contributed by atoms with van der Waals surface area (Å²) in [5.41, 5.74) is -1.17. The summed E-state index contributed by atoms with van der Waals surface area (Å²) in [4.78, 5) is 24.3. The van der Waals surface area contributed by atoms with Crippen molar-refractivity contribution in [2.45, 2.75) is 102 Å². The molecule has 3 heterocycles. The summed E-state index contributed by atoms with van der Waals surface area (Å²) < 4.78 is 18.0. The van der Waals surface area contributed by atoms with E-state index in [9.17, 15) is 35.1 Å².